The molecule has 0 bridgehead atoms. The first kappa shape index (κ1) is 10.0. The Morgan fingerprint density at radius 2 is 1.92 bits per heavy atom. The molecule has 0 aliphatic heterocycles. The largest absolute Gasteiger partial charge is 0.330 e. The van der Waals surface area contributed by atoms with Crippen LogP contribution in [0.5, 0.6) is 0 Å². The van der Waals surface area contributed by atoms with Crippen LogP contribution in [0.3, 0.4) is 0 Å². The summed E-state index contributed by atoms with van der Waals surface area (Å²) >= 11 is 0. The summed E-state index contributed by atoms with van der Waals surface area (Å²) in [6.07, 6.45) is 6.80. The maximum absolute atomic E-state index is 5.64. The summed E-state index contributed by atoms with van der Waals surface area (Å²) in [7, 11) is 0. The molecular formula is C11H23N. The van der Waals surface area contributed by atoms with Crippen molar-refractivity contribution in [1.29, 1.82) is 0 Å². The third kappa shape index (κ3) is 1.39. The maximum Gasteiger partial charge on any atom is -0.00720 e. The van der Waals surface area contributed by atoms with Gasteiger partial charge in [0.1, 0.15) is 0 Å². The third-order valence-electron chi connectivity index (χ3n) is 4.19. The first-order chi connectivity index (χ1) is 5.58. The highest BCUT2D eigenvalue weighted by molar-refractivity contribution is 4.97. The Morgan fingerprint density at radius 3 is 2.17 bits per heavy atom. The quantitative estimate of drug-likeness (QED) is 0.688. The second-order valence-corrected chi connectivity index (χ2v) is 4.91. The van der Waals surface area contributed by atoms with Gasteiger partial charge in [0.05, 0.1) is 0 Å². The summed E-state index contributed by atoms with van der Waals surface area (Å²) in [6.45, 7) is 7.96. The highest BCUT2D eigenvalue weighted by Gasteiger charge is 2.46. The molecule has 0 aromatic rings. The Morgan fingerprint density at radius 1 is 1.33 bits per heavy atom. The van der Waals surface area contributed by atoms with Crippen molar-refractivity contribution in [3.63, 3.8) is 0 Å². The van der Waals surface area contributed by atoms with Gasteiger partial charge in [-0.1, -0.05) is 27.2 Å². The number of rotatable bonds is 4. The van der Waals surface area contributed by atoms with E-state index in [2.05, 4.69) is 20.8 Å². The topological polar surface area (TPSA) is 26.0 Å². The fraction of sp³-hybridized carbons (Fsp3) is 1.00. The van der Waals surface area contributed by atoms with E-state index in [1.54, 1.807) is 0 Å². The minimum atomic E-state index is 0.467. The molecule has 0 aromatic heterocycles. The molecule has 72 valence electrons. The Bertz CT molecular complexity index is 140. The van der Waals surface area contributed by atoms with Gasteiger partial charge in [0, 0.05) is 0 Å². The van der Waals surface area contributed by atoms with E-state index < -0.39 is 0 Å². The van der Waals surface area contributed by atoms with Crippen molar-refractivity contribution < 1.29 is 0 Å². The van der Waals surface area contributed by atoms with Crippen LogP contribution in [0.4, 0.5) is 0 Å². The van der Waals surface area contributed by atoms with E-state index in [0.29, 0.717) is 10.8 Å². The van der Waals surface area contributed by atoms with Crippen LogP contribution in [0.2, 0.25) is 0 Å². The van der Waals surface area contributed by atoms with Gasteiger partial charge in [0.2, 0.25) is 0 Å². The van der Waals surface area contributed by atoms with Crippen LogP contribution in [-0.4, -0.2) is 6.54 Å². The zero-order valence-corrected chi connectivity index (χ0v) is 8.82. The zero-order chi connectivity index (χ0) is 9.24. The van der Waals surface area contributed by atoms with E-state index >= 15 is 0 Å². The summed E-state index contributed by atoms with van der Waals surface area (Å²) in [6, 6.07) is 0. The Labute approximate surface area is 76.7 Å². The molecule has 0 atom stereocenters. The monoisotopic (exact) mass is 169 g/mol. The SMILES string of the molecule is CCC1(C(C)(C)CCN)CCC1. The first-order valence-corrected chi connectivity index (χ1v) is 5.28. The van der Waals surface area contributed by atoms with Crippen molar-refractivity contribution >= 4 is 0 Å². The summed E-state index contributed by atoms with van der Waals surface area (Å²) in [5.41, 5.74) is 6.74. The van der Waals surface area contributed by atoms with Crippen LogP contribution in [0, 0.1) is 10.8 Å². The summed E-state index contributed by atoms with van der Waals surface area (Å²) in [5.74, 6) is 0. The van der Waals surface area contributed by atoms with Gasteiger partial charge in [-0.3, -0.25) is 0 Å². The van der Waals surface area contributed by atoms with Crippen LogP contribution >= 0.6 is 0 Å². The molecule has 0 unspecified atom stereocenters. The minimum absolute atomic E-state index is 0.467. The van der Waals surface area contributed by atoms with Crippen molar-refractivity contribution in [1.82, 2.24) is 0 Å². The molecule has 1 aliphatic carbocycles. The van der Waals surface area contributed by atoms with Crippen LogP contribution in [0.1, 0.15) is 52.9 Å². The predicted molar refractivity (Wildman–Crippen MR) is 54.0 cm³/mol. The molecule has 12 heavy (non-hydrogen) atoms. The standard InChI is InChI=1S/C11H23N/c1-4-11(6-5-7-11)10(2,3)8-9-12/h4-9,12H2,1-3H3. The van der Waals surface area contributed by atoms with Gasteiger partial charge in [-0.2, -0.15) is 0 Å². The van der Waals surface area contributed by atoms with Gasteiger partial charge in [-0.25, -0.2) is 0 Å². The third-order valence-corrected chi connectivity index (χ3v) is 4.19. The normalized spacial score (nSPS) is 22.0. The second kappa shape index (κ2) is 3.37. The van der Waals surface area contributed by atoms with E-state index in [0.717, 1.165) is 6.54 Å². The van der Waals surface area contributed by atoms with E-state index in [-0.39, 0.29) is 0 Å². The molecule has 1 nitrogen and oxygen atoms in total. The summed E-state index contributed by atoms with van der Waals surface area (Å²) in [5, 5.41) is 0. The molecule has 0 heterocycles. The zero-order valence-electron chi connectivity index (χ0n) is 8.82. The second-order valence-electron chi connectivity index (χ2n) is 4.91. The van der Waals surface area contributed by atoms with E-state index in [1.165, 1.54) is 32.1 Å². The van der Waals surface area contributed by atoms with Crippen LogP contribution < -0.4 is 5.73 Å². The van der Waals surface area contributed by atoms with Gasteiger partial charge >= 0.3 is 0 Å². The lowest BCUT2D eigenvalue weighted by atomic mass is 9.52. The van der Waals surface area contributed by atoms with Crippen molar-refractivity contribution in [2.45, 2.75) is 52.9 Å². The van der Waals surface area contributed by atoms with Gasteiger partial charge in [0.15, 0.2) is 0 Å². The molecule has 1 heteroatoms. The predicted octanol–water partition coefficient (Wildman–Crippen LogP) is 2.94. The lowest BCUT2D eigenvalue weighted by Gasteiger charge is -2.53. The molecule has 0 saturated heterocycles. The van der Waals surface area contributed by atoms with Gasteiger partial charge in [0.25, 0.3) is 0 Å². The fourth-order valence-corrected chi connectivity index (χ4v) is 2.74. The molecule has 1 rings (SSSR count). The Kier molecular flexibility index (Phi) is 2.82. The highest BCUT2D eigenvalue weighted by Crippen LogP contribution is 2.57. The van der Waals surface area contributed by atoms with Crippen molar-refractivity contribution in [2.24, 2.45) is 16.6 Å². The lowest BCUT2D eigenvalue weighted by molar-refractivity contribution is -0.0242. The van der Waals surface area contributed by atoms with Crippen molar-refractivity contribution in [2.75, 3.05) is 6.54 Å². The number of hydrogen-bond donors (Lipinski definition) is 1. The average molecular weight is 169 g/mol. The average Bonchev–Trinajstić information content (AvgIpc) is 1.84. The van der Waals surface area contributed by atoms with Crippen molar-refractivity contribution in [3.05, 3.63) is 0 Å². The molecule has 1 aliphatic rings. The van der Waals surface area contributed by atoms with Crippen LogP contribution in [-0.2, 0) is 0 Å². The Hall–Kier alpha value is -0.0400. The van der Waals surface area contributed by atoms with Crippen LogP contribution in [0.15, 0.2) is 0 Å². The maximum atomic E-state index is 5.64. The molecule has 0 aromatic carbocycles. The number of nitrogens with two attached hydrogens (primary N) is 1. The molecule has 0 spiro atoms. The lowest BCUT2D eigenvalue weighted by Crippen LogP contribution is -2.44. The summed E-state index contributed by atoms with van der Waals surface area (Å²) < 4.78 is 0. The molecule has 1 saturated carbocycles. The number of hydrogen-bond acceptors (Lipinski definition) is 1. The molecular weight excluding hydrogens is 146 g/mol. The van der Waals surface area contributed by atoms with E-state index in [1.807, 2.05) is 0 Å². The smallest absolute Gasteiger partial charge is 0.00720 e. The molecule has 1 fully saturated rings. The van der Waals surface area contributed by atoms with Gasteiger partial charge in [-0.15, -0.1) is 0 Å². The molecule has 2 N–H and O–H groups in total. The van der Waals surface area contributed by atoms with Gasteiger partial charge < -0.3 is 5.73 Å². The first-order valence-electron chi connectivity index (χ1n) is 5.28. The van der Waals surface area contributed by atoms with E-state index in [4.69, 9.17) is 5.73 Å². The van der Waals surface area contributed by atoms with Gasteiger partial charge in [-0.05, 0) is 43.1 Å². The van der Waals surface area contributed by atoms with Crippen molar-refractivity contribution in [3.8, 4) is 0 Å². The minimum Gasteiger partial charge on any atom is -0.330 e. The highest BCUT2D eigenvalue weighted by atomic mass is 14.6. The Balaban J connectivity index is 2.63. The summed E-state index contributed by atoms with van der Waals surface area (Å²) in [4.78, 5) is 0. The van der Waals surface area contributed by atoms with Crippen LogP contribution in [0.25, 0.3) is 0 Å². The molecule has 0 amide bonds. The van der Waals surface area contributed by atoms with E-state index in [9.17, 15) is 0 Å². The fourth-order valence-electron chi connectivity index (χ4n) is 2.74. The molecule has 0 radical (unpaired) electrons.